The van der Waals surface area contributed by atoms with Crippen molar-refractivity contribution in [3.63, 3.8) is 0 Å². The Morgan fingerprint density at radius 2 is 1.93 bits per heavy atom. The molecule has 4 rings (SSSR count). The van der Waals surface area contributed by atoms with Crippen LogP contribution in [0, 0.1) is 0 Å². The number of nitrogens with one attached hydrogen (secondary N) is 2. The third-order valence-corrected chi connectivity index (χ3v) is 8.45. The number of amides is 2. The highest BCUT2D eigenvalue weighted by Crippen LogP contribution is 2.24. The van der Waals surface area contributed by atoms with Gasteiger partial charge in [0, 0.05) is 69.8 Å². The number of hydrogen-bond donors (Lipinski definition) is 2. The van der Waals surface area contributed by atoms with Crippen LogP contribution in [0.25, 0.3) is 16.9 Å². The number of urea groups is 1. The molecule has 2 amide bonds. The number of fused-ring (bicyclic) bond motifs is 1. The molecule has 0 atom stereocenters. The van der Waals surface area contributed by atoms with Gasteiger partial charge >= 0.3 is 12.2 Å². The minimum Gasteiger partial charge on any atom is -0.396 e. The zero-order chi connectivity index (χ0) is 30.3. The smallest absolute Gasteiger partial charge is 0.396 e. The highest BCUT2D eigenvalue weighted by Gasteiger charge is 2.29. The predicted molar refractivity (Wildman–Crippen MR) is 152 cm³/mol. The molecule has 1 aliphatic heterocycles. The normalized spacial score (nSPS) is 15.5. The molecule has 2 aromatic heterocycles. The zero-order valence-corrected chi connectivity index (χ0v) is 24.0. The van der Waals surface area contributed by atoms with E-state index in [-0.39, 0.29) is 0 Å². The number of piperazine rings is 1. The van der Waals surface area contributed by atoms with E-state index < -0.39 is 29.0 Å². The van der Waals surface area contributed by atoms with E-state index in [4.69, 9.17) is 4.84 Å². The Morgan fingerprint density at radius 1 is 1.17 bits per heavy atom. The molecule has 12 nitrogen and oxygen atoms in total. The third-order valence-electron chi connectivity index (χ3n) is 6.51. The van der Waals surface area contributed by atoms with E-state index in [0.29, 0.717) is 49.7 Å². The largest absolute Gasteiger partial charge is 0.405 e. The summed E-state index contributed by atoms with van der Waals surface area (Å²) in [6.07, 6.45) is 1.31. The maximum Gasteiger partial charge on any atom is 0.405 e. The first kappa shape index (κ1) is 31.2. The Balaban J connectivity index is 1.25. The van der Waals surface area contributed by atoms with Crippen LogP contribution in [-0.4, -0.2) is 110 Å². The minimum absolute atomic E-state index is 0.336. The fraction of sp³-hybridized carbons (Fsp3) is 0.423. The molecule has 0 spiro atoms. The number of rotatable bonds is 11. The molecule has 16 heteroatoms. The van der Waals surface area contributed by atoms with E-state index in [1.54, 1.807) is 42.0 Å². The van der Waals surface area contributed by atoms with Crippen LogP contribution in [0.1, 0.15) is 12.0 Å². The first-order valence-corrected chi connectivity index (χ1v) is 14.6. The Morgan fingerprint density at radius 3 is 2.64 bits per heavy atom. The molecule has 3 heterocycles. The number of benzene rings is 1. The van der Waals surface area contributed by atoms with Crippen LogP contribution in [-0.2, 0) is 15.0 Å². The molecule has 2 N–H and O–H groups in total. The quantitative estimate of drug-likeness (QED) is 0.196. The van der Waals surface area contributed by atoms with Crippen molar-refractivity contribution in [3.8, 4) is 11.3 Å². The second-order valence-corrected chi connectivity index (χ2v) is 11.9. The van der Waals surface area contributed by atoms with E-state index in [1.807, 2.05) is 22.7 Å². The van der Waals surface area contributed by atoms with Crippen molar-refractivity contribution in [1.82, 2.24) is 28.2 Å². The fourth-order valence-electron chi connectivity index (χ4n) is 4.32. The van der Waals surface area contributed by atoms with Gasteiger partial charge in [-0.3, -0.25) is 4.40 Å². The van der Waals surface area contributed by atoms with Gasteiger partial charge in [0.2, 0.25) is 0 Å². The van der Waals surface area contributed by atoms with E-state index >= 15 is 0 Å². The number of oxime groups is 1. The highest BCUT2D eigenvalue weighted by molar-refractivity contribution is 7.86. The van der Waals surface area contributed by atoms with Crippen LogP contribution in [0.2, 0.25) is 0 Å². The van der Waals surface area contributed by atoms with E-state index in [1.165, 1.54) is 22.7 Å². The van der Waals surface area contributed by atoms with Gasteiger partial charge in [-0.2, -0.15) is 30.2 Å². The number of carbonyl (C=O) groups excluding carboxylic acids is 1. The van der Waals surface area contributed by atoms with Gasteiger partial charge in [0.05, 0.1) is 18.1 Å². The summed E-state index contributed by atoms with van der Waals surface area (Å²) in [7, 11) is -0.310. The molecule has 1 fully saturated rings. The molecule has 0 saturated carbocycles. The maximum atomic E-state index is 12.3. The lowest BCUT2D eigenvalue weighted by atomic mass is 10.1. The summed E-state index contributed by atoms with van der Waals surface area (Å²) in [4.78, 5) is 23.8. The van der Waals surface area contributed by atoms with E-state index in [2.05, 4.69) is 20.4 Å². The standard InChI is InChI=1S/C26H33F3N8O4S/c1-34(2)42(39,40)36-12-10-35(11-13-36)8-4-14-41-32-17-20-7-9-37-23(18-30-24(37)15-20)21-5-3-6-22(16-21)33-25(38)31-19-26(27,28)29/h3,5-7,9,15-18H,4,8,10-14,19H2,1-2H3,(H2,31,33,38). The molecule has 0 radical (unpaired) electrons. The van der Waals surface area contributed by atoms with Crippen molar-refractivity contribution >= 4 is 33.8 Å². The number of hydrogen-bond acceptors (Lipinski definition) is 7. The molecule has 0 unspecified atom stereocenters. The first-order valence-electron chi connectivity index (χ1n) is 13.2. The van der Waals surface area contributed by atoms with Crippen LogP contribution in [0.15, 0.2) is 53.9 Å². The summed E-state index contributed by atoms with van der Waals surface area (Å²) < 4.78 is 66.0. The van der Waals surface area contributed by atoms with Gasteiger partial charge < -0.3 is 20.4 Å². The number of anilines is 1. The second-order valence-electron chi connectivity index (χ2n) is 9.79. The van der Waals surface area contributed by atoms with Crippen molar-refractivity contribution in [1.29, 1.82) is 0 Å². The summed E-state index contributed by atoms with van der Waals surface area (Å²) in [6, 6.07) is 9.41. The fourth-order valence-corrected chi connectivity index (χ4v) is 5.41. The van der Waals surface area contributed by atoms with Crippen LogP contribution < -0.4 is 10.6 Å². The van der Waals surface area contributed by atoms with Crippen molar-refractivity contribution in [3.05, 3.63) is 54.4 Å². The van der Waals surface area contributed by atoms with Gasteiger partial charge in [0.15, 0.2) is 0 Å². The molecule has 0 bridgehead atoms. The molecular weight excluding hydrogens is 577 g/mol. The Kier molecular flexibility index (Phi) is 10.0. The molecular formula is C26H33F3N8O4S. The van der Waals surface area contributed by atoms with Crippen molar-refractivity contribution in [2.24, 2.45) is 5.16 Å². The number of nitrogens with zero attached hydrogens (tertiary/aromatic N) is 6. The molecule has 0 aliphatic carbocycles. The third kappa shape index (κ3) is 8.40. The maximum absolute atomic E-state index is 12.3. The Labute approximate surface area is 241 Å². The Bertz CT molecular complexity index is 1500. The van der Waals surface area contributed by atoms with Crippen molar-refractivity contribution in [2.75, 3.05) is 65.3 Å². The number of carbonyl (C=O) groups is 1. The minimum atomic E-state index is -4.50. The van der Waals surface area contributed by atoms with Crippen LogP contribution in [0.3, 0.4) is 0 Å². The molecule has 1 saturated heterocycles. The SMILES string of the molecule is CN(C)S(=O)(=O)N1CCN(CCCON=Cc2ccn3c(-c4cccc(NC(=O)NCC(F)(F)F)c4)cnc3c2)CC1. The van der Waals surface area contributed by atoms with Gasteiger partial charge in [0.1, 0.15) is 18.8 Å². The lowest BCUT2D eigenvalue weighted by Gasteiger charge is -2.35. The summed E-state index contributed by atoms with van der Waals surface area (Å²) in [5.74, 6) is 0. The number of halogens is 3. The van der Waals surface area contributed by atoms with Crippen molar-refractivity contribution < 1.29 is 31.2 Å². The predicted octanol–water partition coefficient (Wildman–Crippen LogP) is 2.85. The molecule has 1 aliphatic rings. The number of pyridine rings is 1. The van der Waals surface area contributed by atoms with Gasteiger partial charge in [-0.1, -0.05) is 17.3 Å². The van der Waals surface area contributed by atoms with Gasteiger partial charge in [-0.15, -0.1) is 0 Å². The molecule has 1 aromatic carbocycles. The van der Waals surface area contributed by atoms with Crippen LogP contribution in [0.4, 0.5) is 23.7 Å². The lowest BCUT2D eigenvalue weighted by Crippen LogP contribution is -2.51. The first-order chi connectivity index (χ1) is 19.9. The number of aromatic nitrogens is 2. The zero-order valence-electron chi connectivity index (χ0n) is 23.2. The lowest BCUT2D eigenvalue weighted by molar-refractivity contribution is -0.122. The molecule has 3 aromatic rings. The summed E-state index contributed by atoms with van der Waals surface area (Å²) in [6.45, 7) is 2.03. The Hall–Kier alpha value is -3.73. The number of alkyl halides is 3. The average molecular weight is 611 g/mol. The van der Waals surface area contributed by atoms with Crippen molar-refractivity contribution in [2.45, 2.75) is 12.6 Å². The van der Waals surface area contributed by atoms with E-state index in [0.717, 1.165) is 24.2 Å². The summed E-state index contributed by atoms with van der Waals surface area (Å²) >= 11 is 0. The van der Waals surface area contributed by atoms with Gasteiger partial charge in [0.25, 0.3) is 10.2 Å². The van der Waals surface area contributed by atoms with Crippen LogP contribution >= 0.6 is 0 Å². The molecule has 228 valence electrons. The topological polar surface area (TPSA) is 124 Å². The highest BCUT2D eigenvalue weighted by atomic mass is 32.2. The van der Waals surface area contributed by atoms with Gasteiger partial charge in [-0.05, 0) is 30.7 Å². The van der Waals surface area contributed by atoms with Crippen LogP contribution in [0.5, 0.6) is 0 Å². The monoisotopic (exact) mass is 610 g/mol. The second kappa shape index (κ2) is 13.5. The summed E-state index contributed by atoms with van der Waals surface area (Å²) in [5.41, 5.74) is 3.19. The van der Waals surface area contributed by atoms with E-state index in [9.17, 15) is 26.4 Å². The molecule has 42 heavy (non-hydrogen) atoms. The average Bonchev–Trinajstić information content (AvgIpc) is 3.37. The summed E-state index contributed by atoms with van der Waals surface area (Å²) in [5, 5.41) is 8.22. The van der Waals surface area contributed by atoms with Gasteiger partial charge in [-0.25, -0.2) is 9.78 Å². The number of imidazole rings is 1.